The second-order valence-corrected chi connectivity index (χ2v) is 6.64. The molecule has 0 N–H and O–H groups in total. The molecule has 7 nitrogen and oxygen atoms in total. The van der Waals surface area contributed by atoms with Gasteiger partial charge in [-0.3, -0.25) is 0 Å². The topological polar surface area (TPSA) is 73.1 Å². The first kappa shape index (κ1) is 17.3. The van der Waals surface area contributed by atoms with Crippen molar-refractivity contribution in [1.29, 1.82) is 0 Å². The fourth-order valence-electron chi connectivity index (χ4n) is 3.90. The van der Waals surface area contributed by atoms with Gasteiger partial charge in [0.05, 0.1) is 31.0 Å². The van der Waals surface area contributed by atoms with Crippen molar-refractivity contribution >= 4 is 34.0 Å². The van der Waals surface area contributed by atoms with Gasteiger partial charge >= 0.3 is 11.9 Å². The molecular weight excluding hydrogens is 346 g/mol. The number of ether oxygens (including phenoxy) is 2. The molecule has 0 amide bonds. The van der Waals surface area contributed by atoms with Gasteiger partial charge in [0, 0.05) is 23.9 Å². The molecule has 7 heteroatoms. The van der Waals surface area contributed by atoms with E-state index >= 15 is 0 Å². The predicted octanol–water partition coefficient (Wildman–Crippen LogP) is 2.97. The van der Waals surface area contributed by atoms with Crippen molar-refractivity contribution in [3.8, 4) is 0 Å². The van der Waals surface area contributed by atoms with Gasteiger partial charge in [0.1, 0.15) is 5.56 Å². The van der Waals surface area contributed by atoms with Crippen LogP contribution in [0.3, 0.4) is 0 Å². The molecule has 1 aliphatic heterocycles. The van der Waals surface area contributed by atoms with Crippen LogP contribution >= 0.6 is 0 Å². The Labute approximate surface area is 156 Å². The molecule has 0 saturated carbocycles. The number of anilines is 1. The quantitative estimate of drug-likeness (QED) is 0.663. The summed E-state index contributed by atoms with van der Waals surface area (Å²) in [6, 6.07) is 7.81. The average molecular weight is 367 g/mol. The van der Waals surface area contributed by atoms with Crippen molar-refractivity contribution < 1.29 is 19.1 Å². The first-order valence-corrected chi connectivity index (χ1v) is 8.94. The summed E-state index contributed by atoms with van der Waals surface area (Å²) >= 11 is 0. The van der Waals surface area contributed by atoms with Crippen molar-refractivity contribution in [3.05, 3.63) is 41.1 Å². The zero-order valence-electron chi connectivity index (χ0n) is 15.6. The number of hydrogen-bond acceptors (Lipinski definition) is 6. The second-order valence-electron chi connectivity index (χ2n) is 6.64. The lowest BCUT2D eigenvalue weighted by atomic mass is 10.1. The molecule has 4 rings (SSSR count). The maximum Gasteiger partial charge on any atom is 0.341 e. The van der Waals surface area contributed by atoms with Gasteiger partial charge in [-0.25, -0.2) is 14.1 Å². The monoisotopic (exact) mass is 367 g/mol. The van der Waals surface area contributed by atoms with Crippen LogP contribution in [-0.2, 0) is 9.47 Å². The van der Waals surface area contributed by atoms with Crippen molar-refractivity contribution in [2.24, 2.45) is 0 Å². The van der Waals surface area contributed by atoms with Crippen LogP contribution in [0.4, 0.5) is 5.82 Å². The summed E-state index contributed by atoms with van der Waals surface area (Å²) in [5.74, 6) is -0.298. The summed E-state index contributed by atoms with van der Waals surface area (Å²) in [6.07, 6.45) is 2.25. The number of nitrogens with zero attached hydrogens (tertiary/aromatic N) is 3. The lowest BCUT2D eigenvalue weighted by Crippen LogP contribution is -2.20. The van der Waals surface area contributed by atoms with Crippen molar-refractivity contribution in [3.63, 3.8) is 0 Å². The number of carbonyl (C=O) groups excluding carboxylic acids is 2. The Hall–Kier alpha value is -3.09. The van der Waals surface area contributed by atoms with Gasteiger partial charge in [-0.2, -0.15) is 0 Å². The van der Waals surface area contributed by atoms with Gasteiger partial charge in [0.2, 0.25) is 0 Å². The molecule has 140 valence electrons. The van der Waals surface area contributed by atoms with Crippen molar-refractivity contribution in [1.82, 2.24) is 9.61 Å². The molecule has 3 aromatic rings. The minimum absolute atomic E-state index is 0.193. The van der Waals surface area contributed by atoms with Crippen LogP contribution in [-0.4, -0.2) is 48.9 Å². The molecule has 1 fully saturated rings. The number of aromatic nitrogens is 2. The molecule has 1 aromatic carbocycles. The SMILES string of the molecule is COC(=O)c1c(C(=O)OC)c2c3ccccc3c(N3CCCC3)nn2c1C. The number of aryl methyl sites for hydroxylation is 1. The number of methoxy groups -OCH3 is 2. The number of hydrogen-bond donors (Lipinski definition) is 0. The molecule has 0 aliphatic carbocycles. The normalized spacial score (nSPS) is 14.1. The maximum atomic E-state index is 12.6. The van der Waals surface area contributed by atoms with E-state index in [0.717, 1.165) is 42.5 Å². The van der Waals surface area contributed by atoms with E-state index in [1.54, 1.807) is 11.4 Å². The zero-order chi connectivity index (χ0) is 19.1. The van der Waals surface area contributed by atoms with Crippen LogP contribution in [0.25, 0.3) is 16.3 Å². The molecule has 0 spiro atoms. The third-order valence-corrected chi connectivity index (χ3v) is 5.18. The van der Waals surface area contributed by atoms with E-state index in [1.807, 2.05) is 24.3 Å². The van der Waals surface area contributed by atoms with Gasteiger partial charge in [-0.05, 0) is 19.8 Å². The van der Waals surface area contributed by atoms with Crippen LogP contribution in [0.1, 0.15) is 39.3 Å². The Morgan fingerprint density at radius 2 is 1.56 bits per heavy atom. The Balaban J connectivity index is 2.16. The predicted molar refractivity (Wildman–Crippen MR) is 102 cm³/mol. The molecule has 0 bridgehead atoms. The van der Waals surface area contributed by atoms with Gasteiger partial charge in [0.25, 0.3) is 0 Å². The first-order chi connectivity index (χ1) is 13.1. The summed E-state index contributed by atoms with van der Waals surface area (Å²) < 4.78 is 11.6. The molecule has 2 aromatic heterocycles. The zero-order valence-corrected chi connectivity index (χ0v) is 15.6. The third-order valence-electron chi connectivity index (χ3n) is 5.18. The Bertz CT molecular complexity index is 1060. The number of carbonyl (C=O) groups is 2. The molecule has 0 atom stereocenters. The van der Waals surface area contributed by atoms with Crippen LogP contribution in [0.15, 0.2) is 24.3 Å². The number of rotatable bonds is 3. The largest absolute Gasteiger partial charge is 0.465 e. The fourth-order valence-corrected chi connectivity index (χ4v) is 3.90. The Morgan fingerprint density at radius 1 is 0.963 bits per heavy atom. The summed E-state index contributed by atoms with van der Waals surface area (Å²) in [5, 5.41) is 6.63. The lowest BCUT2D eigenvalue weighted by Gasteiger charge is -2.19. The minimum Gasteiger partial charge on any atom is -0.465 e. The van der Waals surface area contributed by atoms with E-state index in [9.17, 15) is 9.59 Å². The van der Waals surface area contributed by atoms with E-state index in [1.165, 1.54) is 14.2 Å². The van der Waals surface area contributed by atoms with Gasteiger partial charge in [0.15, 0.2) is 5.82 Å². The highest BCUT2D eigenvalue weighted by atomic mass is 16.5. The number of fused-ring (bicyclic) bond motifs is 3. The summed E-state index contributed by atoms with van der Waals surface area (Å²) in [5.41, 5.74) is 1.51. The molecule has 1 aliphatic rings. The van der Waals surface area contributed by atoms with Crippen LogP contribution in [0, 0.1) is 6.92 Å². The maximum absolute atomic E-state index is 12.6. The number of esters is 2. The highest BCUT2D eigenvalue weighted by Gasteiger charge is 2.31. The van der Waals surface area contributed by atoms with E-state index in [0.29, 0.717) is 11.2 Å². The van der Waals surface area contributed by atoms with E-state index < -0.39 is 11.9 Å². The van der Waals surface area contributed by atoms with Crippen molar-refractivity contribution in [2.45, 2.75) is 19.8 Å². The van der Waals surface area contributed by atoms with Gasteiger partial charge in [-0.1, -0.05) is 24.3 Å². The van der Waals surface area contributed by atoms with Gasteiger partial charge in [-0.15, -0.1) is 5.10 Å². The van der Waals surface area contributed by atoms with Crippen molar-refractivity contribution in [2.75, 3.05) is 32.2 Å². The smallest absolute Gasteiger partial charge is 0.341 e. The van der Waals surface area contributed by atoms with E-state index in [4.69, 9.17) is 14.6 Å². The first-order valence-electron chi connectivity index (χ1n) is 8.94. The highest BCUT2D eigenvalue weighted by Crippen LogP contribution is 2.35. The minimum atomic E-state index is -0.582. The average Bonchev–Trinajstić information content (AvgIpc) is 3.33. The highest BCUT2D eigenvalue weighted by molar-refractivity contribution is 6.16. The second kappa shape index (κ2) is 6.57. The van der Waals surface area contributed by atoms with E-state index in [2.05, 4.69) is 4.90 Å². The molecule has 27 heavy (non-hydrogen) atoms. The molecule has 0 unspecified atom stereocenters. The van der Waals surface area contributed by atoms with Crippen LogP contribution in [0.5, 0.6) is 0 Å². The summed E-state index contributed by atoms with van der Waals surface area (Å²) in [7, 11) is 2.60. The van der Waals surface area contributed by atoms with Crippen LogP contribution < -0.4 is 4.90 Å². The van der Waals surface area contributed by atoms with Gasteiger partial charge < -0.3 is 14.4 Å². The third kappa shape index (κ3) is 2.53. The lowest BCUT2D eigenvalue weighted by molar-refractivity contribution is 0.0557. The Morgan fingerprint density at radius 3 is 2.19 bits per heavy atom. The van der Waals surface area contributed by atoms with E-state index in [-0.39, 0.29) is 11.1 Å². The van der Waals surface area contributed by atoms with Crippen LogP contribution in [0.2, 0.25) is 0 Å². The molecular formula is C20H21N3O4. The summed E-state index contributed by atoms with van der Waals surface area (Å²) in [4.78, 5) is 27.3. The number of benzene rings is 1. The fraction of sp³-hybridized carbons (Fsp3) is 0.350. The molecule has 0 radical (unpaired) electrons. The Kier molecular flexibility index (Phi) is 4.22. The molecule has 1 saturated heterocycles. The standard InChI is InChI=1S/C20H21N3O4/c1-12-15(19(24)26-2)16(20(25)27-3)17-13-8-4-5-9-14(13)18(21-23(12)17)22-10-6-7-11-22/h4-5,8-9H,6-7,10-11H2,1-3H3. The molecule has 3 heterocycles. The summed E-state index contributed by atoms with van der Waals surface area (Å²) in [6.45, 7) is 3.65.